The van der Waals surface area contributed by atoms with Gasteiger partial charge < -0.3 is 15.0 Å². The second-order valence-electron chi connectivity index (χ2n) is 7.09. The van der Waals surface area contributed by atoms with Crippen molar-refractivity contribution in [1.82, 2.24) is 14.9 Å². The highest BCUT2D eigenvalue weighted by Crippen LogP contribution is 2.24. The van der Waals surface area contributed by atoms with E-state index in [0.29, 0.717) is 19.0 Å². The second-order valence-corrected chi connectivity index (χ2v) is 7.09. The van der Waals surface area contributed by atoms with Crippen LogP contribution in [0.3, 0.4) is 0 Å². The van der Waals surface area contributed by atoms with Gasteiger partial charge in [-0.3, -0.25) is 9.78 Å². The number of aliphatic hydroxyl groups is 1. The number of aliphatic hydroxyl groups excluding tert-OH is 1. The largest absolute Gasteiger partial charge is 0.393 e. The number of nitrogens with one attached hydrogen (secondary N) is 1. The van der Waals surface area contributed by atoms with Crippen molar-refractivity contribution in [3.05, 3.63) is 53.1 Å². The Bertz CT molecular complexity index is 724. The average Bonchev–Trinajstić information content (AvgIpc) is 2.89. The summed E-state index contributed by atoms with van der Waals surface area (Å²) in [6, 6.07) is 7.82. The Hall–Kier alpha value is -2.14. The van der Waals surface area contributed by atoms with E-state index in [1.807, 2.05) is 38.1 Å². The molecule has 0 spiro atoms. The molecule has 5 heteroatoms. The second kappa shape index (κ2) is 7.83. The minimum absolute atomic E-state index is 0.0274. The molecular formula is C20H27N3O2. The van der Waals surface area contributed by atoms with Crippen molar-refractivity contribution < 1.29 is 9.90 Å². The smallest absolute Gasteiger partial charge is 0.253 e. The number of hydrogen-bond donors (Lipinski definition) is 2. The number of pyridine rings is 1. The Morgan fingerprint density at radius 2 is 2.20 bits per heavy atom. The summed E-state index contributed by atoms with van der Waals surface area (Å²) in [5.41, 5.74) is 3.72. The number of nitrogens with zero attached hydrogens (tertiary/aromatic N) is 2. The molecule has 1 fully saturated rings. The third-order valence-electron chi connectivity index (χ3n) is 5.17. The van der Waals surface area contributed by atoms with E-state index in [-0.39, 0.29) is 12.0 Å². The van der Waals surface area contributed by atoms with Crippen LogP contribution in [-0.4, -0.2) is 33.2 Å². The number of carbonyl (C=O) groups is 1. The molecule has 25 heavy (non-hydrogen) atoms. The third-order valence-corrected chi connectivity index (χ3v) is 5.17. The molecular weight excluding hydrogens is 314 g/mol. The van der Waals surface area contributed by atoms with Crippen molar-refractivity contribution in [2.75, 3.05) is 6.54 Å². The normalized spacial score (nSPS) is 20.4. The van der Waals surface area contributed by atoms with Crippen LogP contribution in [0.5, 0.6) is 0 Å². The number of carbonyl (C=O) groups excluding carboxylic acids is 1. The lowest BCUT2D eigenvalue weighted by Gasteiger charge is -2.25. The van der Waals surface area contributed by atoms with Crippen LogP contribution in [0.4, 0.5) is 0 Å². The van der Waals surface area contributed by atoms with Crippen LogP contribution in [0.25, 0.3) is 0 Å². The van der Waals surface area contributed by atoms with Crippen LogP contribution in [0.2, 0.25) is 0 Å². The monoisotopic (exact) mass is 341 g/mol. The van der Waals surface area contributed by atoms with Crippen molar-refractivity contribution in [2.24, 2.45) is 5.92 Å². The molecule has 134 valence electrons. The highest BCUT2D eigenvalue weighted by molar-refractivity contribution is 5.95. The minimum atomic E-state index is -0.209. The van der Waals surface area contributed by atoms with E-state index in [4.69, 9.17) is 0 Å². The van der Waals surface area contributed by atoms with E-state index >= 15 is 0 Å². The lowest BCUT2D eigenvalue weighted by molar-refractivity contribution is 0.0873. The zero-order chi connectivity index (χ0) is 17.8. The zero-order valence-corrected chi connectivity index (χ0v) is 15.0. The van der Waals surface area contributed by atoms with Gasteiger partial charge in [0.15, 0.2) is 0 Å². The van der Waals surface area contributed by atoms with Crippen molar-refractivity contribution in [3.63, 3.8) is 0 Å². The first kappa shape index (κ1) is 17.7. The molecule has 2 heterocycles. The summed E-state index contributed by atoms with van der Waals surface area (Å²) in [7, 11) is 0. The fourth-order valence-corrected chi connectivity index (χ4v) is 3.71. The van der Waals surface area contributed by atoms with Gasteiger partial charge in [0, 0.05) is 24.1 Å². The number of rotatable bonds is 5. The van der Waals surface area contributed by atoms with E-state index in [9.17, 15) is 9.90 Å². The first-order valence-electron chi connectivity index (χ1n) is 9.07. The number of amides is 1. The van der Waals surface area contributed by atoms with Crippen LogP contribution < -0.4 is 5.32 Å². The summed E-state index contributed by atoms with van der Waals surface area (Å²) < 4.78 is 2.13. The van der Waals surface area contributed by atoms with Crippen LogP contribution >= 0.6 is 0 Å². The fourth-order valence-electron chi connectivity index (χ4n) is 3.71. The van der Waals surface area contributed by atoms with E-state index in [0.717, 1.165) is 48.3 Å². The van der Waals surface area contributed by atoms with Gasteiger partial charge in [-0.1, -0.05) is 12.5 Å². The van der Waals surface area contributed by atoms with E-state index in [1.165, 1.54) is 0 Å². The first-order valence-corrected chi connectivity index (χ1v) is 9.07. The van der Waals surface area contributed by atoms with Gasteiger partial charge in [-0.15, -0.1) is 0 Å². The Morgan fingerprint density at radius 1 is 1.36 bits per heavy atom. The van der Waals surface area contributed by atoms with Crippen molar-refractivity contribution in [3.8, 4) is 0 Å². The van der Waals surface area contributed by atoms with Crippen LogP contribution in [0.1, 0.15) is 53.1 Å². The highest BCUT2D eigenvalue weighted by atomic mass is 16.3. The molecule has 0 aromatic carbocycles. The summed E-state index contributed by atoms with van der Waals surface area (Å²) >= 11 is 0. The first-order chi connectivity index (χ1) is 12.0. The quantitative estimate of drug-likeness (QED) is 0.879. The van der Waals surface area contributed by atoms with Gasteiger partial charge in [-0.2, -0.15) is 0 Å². The van der Waals surface area contributed by atoms with Gasteiger partial charge in [0.05, 0.1) is 23.9 Å². The standard InChI is InChI=1S/C20H27N3O2/c1-14-10-19(15(2)23(14)13-17-7-3-4-9-21-17)20(25)22-12-16-6-5-8-18(24)11-16/h3-4,7,9-10,16,18,24H,5-6,8,11-13H2,1-2H3,(H,22,25). The molecule has 0 radical (unpaired) electrons. The predicted molar refractivity (Wildman–Crippen MR) is 97.5 cm³/mol. The number of hydrogen-bond acceptors (Lipinski definition) is 3. The van der Waals surface area contributed by atoms with Crippen LogP contribution in [0.15, 0.2) is 30.5 Å². The minimum Gasteiger partial charge on any atom is -0.393 e. The molecule has 1 aliphatic carbocycles. The van der Waals surface area contributed by atoms with Gasteiger partial charge in [-0.05, 0) is 57.2 Å². The SMILES string of the molecule is Cc1cc(C(=O)NCC2CCCC(O)C2)c(C)n1Cc1ccccn1. The Labute approximate surface area is 149 Å². The van der Waals surface area contributed by atoms with E-state index in [1.54, 1.807) is 6.20 Å². The summed E-state index contributed by atoms with van der Waals surface area (Å²) in [6.07, 6.45) is 5.38. The molecule has 0 aliphatic heterocycles. The van der Waals surface area contributed by atoms with E-state index in [2.05, 4.69) is 14.9 Å². The molecule has 3 rings (SSSR count). The van der Waals surface area contributed by atoms with Crippen LogP contribution in [-0.2, 0) is 6.54 Å². The maximum Gasteiger partial charge on any atom is 0.253 e. The van der Waals surface area contributed by atoms with Gasteiger partial charge in [0.1, 0.15) is 0 Å². The van der Waals surface area contributed by atoms with E-state index < -0.39 is 0 Å². The van der Waals surface area contributed by atoms with Crippen molar-refractivity contribution in [2.45, 2.75) is 52.2 Å². The lowest BCUT2D eigenvalue weighted by Crippen LogP contribution is -2.33. The third kappa shape index (κ3) is 4.28. The molecule has 2 unspecified atom stereocenters. The summed E-state index contributed by atoms with van der Waals surface area (Å²) in [6.45, 7) is 5.31. The molecule has 0 bridgehead atoms. The topological polar surface area (TPSA) is 67.2 Å². The number of aromatic nitrogens is 2. The molecule has 2 aromatic heterocycles. The fraction of sp³-hybridized carbons (Fsp3) is 0.500. The van der Waals surface area contributed by atoms with Gasteiger partial charge in [0.25, 0.3) is 5.91 Å². The summed E-state index contributed by atoms with van der Waals surface area (Å²) in [5.74, 6) is 0.352. The molecule has 1 amide bonds. The number of aryl methyl sites for hydroxylation is 1. The molecule has 2 aromatic rings. The van der Waals surface area contributed by atoms with Gasteiger partial charge in [0.2, 0.25) is 0 Å². The maximum atomic E-state index is 12.6. The Balaban J connectivity index is 1.66. The summed E-state index contributed by atoms with van der Waals surface area (Å²) in [5, 5.41) is 12.8. The molecule has 2 atom stereocenters. The van der Waals surface area contributed by atoms with Crippen molar-refractivity contribution in [1.29, 1.82) is 0 Å². The zero-order valence-electron chi connectivity index (χ0n) is 15.0. The van der Waals surface area contributed by atoms with Crippen LogP contribution in [0, 0.1) is 19.8 Å². The highest BCUT2D eigenvalue weighted by Gasteiger charge is 2.22. The molecule has 2 N–H and O–H groups in total. The predicted octanol–water partition coefficient (Wildman–Crippen LogP) is 2.83. The molecule has 0 saturated heterocycles. The lowest BCUT2D eigenvalue weighted by atomic mass is 9.87. The van der Waals surface area contributed by atoms with Gasteiger partial charge >= 0.3 is 0 Å². The molecule has 1 aliphatic rings. The molecule has 1 saturated carbocycles. The average molecular weight is 341 g/mol. The van der Waals surface area contributed by atoms with Gasteiger partial charge in [-0.25, -0.2) is 0 Å². The maximum absolute atomic E-state index is 12.6. The van der Waals surface area contributed by atoms with Crippen molar-refractivity contribution >= 4 is 5.91 Å². The summed E-state index contributed by atoms with van der Waals surface area (Å²) in [4.78, 5) is 17.0. The Morgan fingerprint density at radius 3 is 2.92 bits per heavy atom. The Kier molecular flexibility index (Phi) is 5.53. The molecule has 5 nitrogen and oxygen atoms in total.